The van der Waals surface area contributed by atoms with Crippen LogP contribution in [0.15, 0.2) is 18.2 Å². The Morgan fingerprint density at radius 2 is 1.67 bits per heavy atom. The summed E-state index contributed by atoms with van der Waals surface area (Å²) >= 11 is 0. The highest BCUT2D eigenvalue weighted by molar-refractivity contribution is 6.01. The molecule has 11 heteroatoms. The number of amides is 4. The lowest BCUT2D eigenvalue weighted by Crippen LogP contribution is -2.53. The lowest BCUT2D eigenvalue weighted by Gasteiger charge is -2.38. The second-order valence-electron chi connectivity index (χ2n) is 11.2. The van der Waals surface area contributed by atoms with Crippen molar-refractivity contribution in [3.63, 3.8) is 0 Å². The smallest absolute Gasteiger partial charge is 0.409 e. The molecule has 0 aliphatic carbocycles. The summed E-state index contributed by atoms with van der Waals surface area (Å²) in [6.07, 6.45) is 2.43. The van der Waals surface area contributed by atoms with Crippen LogP contribution in [0.2, 0.25) is 0 Å². The van der Waals surface area contributed by atoms with E-state index in [-0.39, 0.29) is 48.5 Å². The molecule has 4 amide bonds. The van der Waals surface area contributed by atoms with E-state index in [9.17, 15) is 24.0 Å². The minimum absolute atomic E-state index is 0.0478. The molecule has 1 aromatic rings. The molecule has 3 aliphatic rings. The van der Waals surface area contributed by atoms with Crippen LogP contribution in [0.5, 0.6) is 0 Å². The van der Waals surface area contributed by atoms with Crippen molar-refractivity contribution in [3.8, 4) is 0 Å². The van der Waals surface area contributed by atoms with Crippen molar-refractivity contribution in [2.24, 2.45) is 11.8 Å². The highest BCUT2D eigenvalue weighted by Gasteiger charge is 2.37. The molecule has 0 saturated carbocycles. The quantitative estimate of drug-likeness (QED) is 0.443. The van der Waals surface area contributed by atoms with Gasteiger partial charge in [-0.05, 0) is 48.9 Å². The molecule has 2 fully saturated rings. The second-order valence-corrected chi connectivity index (χ2v) is 11.2. The van der Waals surface area contributed by atoms with Gasteiger partial charge in [0.1, 0.15) is 12.3 Å². The van der Waals surface area contributed by atoms with E-state index in [2.05, 4.69) is 10.2 Å². The number of rotatable bonds is 9. The molecule has 4 rings (SSSR count). The number of aldehydes is 1. The third-order valence-electron chi connectivity index (χ3n) is 8.00. The zero-order valence-electron chi connectivity index (χ0n) is 25.8. The monoisotopic (exact) mass is 585 g/mol. The topological polar surface area (TPSA) is 120 Å². The van der Waals surface area contributed by atoms with Crippen molar-refractivity contribution >= 4 is 35.8 Å². The lowest BCUT2D eigenvalue weighted by molar-refractivity contribution is -0.137. The Kier molecular flexibility index (Phi) is 12.2. The molecule has 3 heterocycles. The number of hydrogen-bond acceptors (Lipinski definition) is 7. The number of benzene rings is 1. The predicted molar refractivity (Wildman–Crippen MR) is 160 cm³/mol. The van der Waals surface area contributed by atoms with E-state index >= 15 is 0 Å². The number of carbonyl (C=O) groups is 5. The van der Waals surface area contributed by atoms with Gasteiger partial charge < -0.3 is 34.4 Å². The summed E-state index contributed by atoms with van der Waals surface area (Å²) in [6.45, 7) is 12.2. The van der Waals surface area contributed by atoms with Crippen LogP contribution in [0.3, 0.4) is 0 Å². The molecular weight excluding hydrogens is 538 g/mol. The van der Waals surface area contributed by atoms with Gasteiger partial charge in [0.25, 0.3) is 5.91 Å². The van der Waals surface area contributed by atoms with Crippen LogP contribution in [-0.2, 0) is 25.7 Å². The third-order valence-corrected chi connectivity index (χ3v) is 8.00. The molecule has 1 atom stereocenters. The number of anilines is 1. The largest absolute Gasteiger partial charge is 0.449 e. The van der Waals surface area contributed by atoms with Gasteiger partial charge in [0.05, 0.1) is 6.61 Å². The van der Waals surface area contributed by atoms with Crippen LogP contribution in [0.1, 0.15) is 69.3 Å². The van der Waals surface area contributed by atoms with Crippen LogP contribution in [0.4, 0.5) is 10.5 Å². The van der Waals surface area contributed by atoms with Gasteiger partial charge >= 0.3 is 6.09 Å². The SMILES string of the molecule is CC.CNC(=O)C(CCC=O)N1Cc2cc(N3CCC(C(=O)N4CCN(C(=O)OCC(C)C)CC4)CC3)ccc2C1=O. The Labute approximate surface area is 249 Å². The zero-order valence-corrected chi connectivity index (χ0v) is 25.8. The second kappa shape index (κ2) is 15.6. The van der Waals surface area contributed by atoms with Crippen molar-refractivity contribution in [3.05, 3.63) is 29.3 Å². The first-order valence-electron chi connectivity index (χ1n) is 15.3. The number of nitrogens with one attached hydrogen (secondary N) is 1. The highest BCUT2D eigenvalue weighted by atomic mass is 16.6. The molecule has 42 heavy (non-hydrogen) atoms. The summed E-state index contributed by atoms with van der Waals surface area (Å²) in [7, 11) is 1.53. The fourth-order valence-electron chi connectivity index (χ4n) is 5.68. The van der Waals surface area contributed by atoms with E-state index in [1.807, 2.05) is 50.8 Å². The van der Waals surface area contributed by atoms with Crippen molar-refractivity contribution in [2.45, 2.75) is 66.0 Å². The summed E-state index contributed by atoms with van der Waals surface area (Å²) in [4.78, 5) is 69.2. The molecule has 1 aromatic carbocycles. The normalized spacial score (nSPS) is 17.8. The molecule has 0 aromatic heterocycles. The summed E-state index contributed by atoms with van der Waals surface area (Å²) in [6, 6.07) is 5.07. The average molecular weight is 586 g/mol. The van der Waals surface area contributed by atoms with Crippen LogP contribution in [-0.4, -0.2) is 104 Å². The summed E-state index contributed by atoms with van der Waals surface area (Å²) < 4.78 is 5.32. The number of piperazine rings is 1. The molecular formula is C31H47N5O6. The Morgan fingerprint density at radius 3 is 2.26 bits per heavy atom. The van der Waals surface area contributed by atoms with Crippen molar-refractivity contribution < 1.29 is 28.7 Å². The van der Waals surface area contributed by atoms with Gasteiger partial charge in [-0.2, -0.15) is 0 Å². The van der Waals surface area contributed by atoms with E-state index in [1.54, 1.807) is 9.80 Å². The average Bonchev–Trinajstić information content (AvgIpc) is 3.35. The fraction of sp³-hybridized carbons (Fsp3) is 0.645. The molecule has 3 aliphatic heterocycles. The summed E-state index contributed by atoms with van der Waals surface area (Å²) in [5.74, 6) is -0.0812. The lowest BCUT2D eigenvalue weighted by atomic mass is 9.94. The summed E-state index contributed by atoms with van der Waals surface area (Å²) in [5, 5.41) is 2.60. The number of fused-ring (bicyclic) bond motifs is 1. The molecule has 2 saturated heterocycles. The van der Waals surface area contributed by atoms with E-state index in [1.165, 1.54) is 7.05 Å². The van der Waals surface area contributed by atoms with Gasteiger partial charge in [-0.25, -0.2) is 4.79 Å². The molecule has 11 nitrogen and oxygen atoms in total. The highest BCUT2D eigenvalue weighted by Crippen LogP contribution is 2.32. The maximum atomic E-state index is 13.2. The Balaban J connectivity index is 0.00000237. The first kappa shape index (κ1) is 32.9. The van der Waals surface area contributed by atoms with E-state index < -0.39 is 6.04 Å². The molecule has 1 N–H and O–H groups in total. The zero-order chi connectivity index (χ0) is 30.8. The van der Waals surface area contributed by atoms with Crippen LogP contribution >= 0.6 is 0 Å². The first-order chi connectivity index (χ1) is 20.2. The van der Waals surface area contributed by atoms with Crippen molar-refractivity contribution in [2.75, 3.05) is 57.8 Å². The van der Waals surface area contributed by atoms with E-state index in [0.29, 0.717) is 44.9 Å². The van der Waals surface area contributed by atoms with Crippen LogP contribution < -0.4 is 10.2 Å². The van der Waals surface area contributed by atoms with E-state index in [4.69, 9.17) is 4.74 Å². The minimum Gasteiger partial charge on any atom is -0.449 e. The number of hydrogen-bond donors (Lipinski definition) is 1. The van der Waals surface area contributed by atoms with Gasteiger partial charge in [-0.1, -0.05) is 27.7 Å². The number of carbonyl (C=O) groups excluding carboxylic acids is 5. The van der Waals surface area contributed by atoms with Gasteiger partial charge in [0.15, 0.2) is 0 Å². The van der Waals surface area contributed by atoms with Gasteiger partial charge in [-0.3, -0.25) is 14.4 Å². The van der Waals surface area contributed by atoms with Crippen molar-refractivity contribution in [1.29, 1.82) is 0 Å². The summed E-state index contributed by atoms with van der Waals surface area (Å²) in [5.41, 5.74) is 2.45. The minimum atomic E-state index is -0.687. The molecule has 0 bridgehead atoms. The fourth-order valence-corrected chi connectivity index (χ4v) is 5.68. The Bertz CT molecular complexity index is 1110. The maximum Gasteiger partial charge on any atom is 0.409 e. The molecule has 0 spiro atoms. The standard InChI is InChI=1S/C29H41N5O6.C2H6/c1-20(2)19-40-29(39)33-14-12-32(13-15-33)27(37)21-8-10-31(11-9-21)23-6-7-24-22(17-23)18-34(28(24)38)25(5-4-16-35)26(36)30-3;1-2/h6-7,16-17,20-21,25H,4-5,8-15,18-19H2,1-3H3,(H,30,36);1-2H3. The van der Waals surface area contributed by atoms with Gasteiger partial charge in [0.2, 0.25) is 11.8 Å². The molecule has 232 valence electrons. The van der Waals surface area contributed by atoms with Gasteiger partial charge in [-0.15, -0.1) is 0 Å². The van der Waals surface area contributed by atoms with E-state index in [0.717, 1.165) is 43.5 Å². The molecule has 0 radical (unpaired) electrons. The number of piperidine rings is 1. The Hall–Kier alpha value is -3.63. The number of ether oxygens (including phenoxy) is 1. The van der Waals surface area contributed by atoms with Gasteiger partial charge in [0, 0.05) is 76.5 Å². The predicted octanol–water partition coefficient (Wildman–Crippen LogP) is 2.92. The number of nitrogens with zero attached hydrogens (tertiary/aromatic N) is 4. The van der Waals surface area contributed by atoms with Crippen LogP contribution in [0.25, 0.3) is 0 Å². The third kappa shape index (κ3) is 7.80. The first-order valence-corrected chi connectivity index (χ1v) is 15.3. The van der Waals surface area contributed by atoms with Crippen molar-refractivity contribution in [1.82, 2.24) is 20.0 Å². The molecule has 1 unspecified atom stereocenters. The Morgan fingerprint density at radius 1 is 1.02 bits per heavy atom. The maximum absolute atomic E-state index is 13.2. The van der Waals surface area contributed by atoms with Crippen LogP contribution in [0, 0.1) is 11.8 Å². The number of likely N-dealkylation sites (N-methyl/N-ethyl adjacent to an activating group) is 1.